The summed E-state index contributed by atoms with van der Waals surface area (Å²) < 4.78 is 1.30. The zero-order chi connectivity index (χ0) is 8.85. The Kier molecular flexibility index (Phi) is 4.99. The third-order valence-corrected chi connectivity index (χ3v) is 2.04. The van der Waals surface area contributed by atoms with E-state index in [1.807, 2.05) is 0 Å². The van der Waals surface area contributed by atoms with Crippen LogP contribution in [0.1, 0.15) is 0 Å². The summed E-state index contributed by atoms with van der Waals surface area (Å²) in [6.45, 7) is 3.75. The molecular formula is C6H4Br2N2O. The van der Waals surface area contributed by atoms with Crippen LogP contribution in [0.25, 0.3) is 0 Å². The maximum absolute atomic E-state index is 10.7. The lowest BCUT2D eigenvalue weighted by atomic mass is 10.3. The largest absolute Gasteiger partial charge is 0.291 e. The molecule has 1 rings (SSSR count). The summed E-state index contributed by atoms with van der Waals surface area (Å²) in [5.41, 5.74) is 0. The SMILES string of the molecule is C#N.O=C1CN=C(Br)C=C1Br. The molecule has 0 N–H and O–H groups in total. The molecule has 1 aliphatic rings. The summed E-state index contributed by atoms with van der Waals surface area (Å²) >= 11 is 6.24. The average Bonchev–Trinajstić information content (AvgIpc) is 2.02. The van der Waals surface area contributed by atoms with Crippen molar-refractivity contribution >= 4 is 42.3 Å². The molecule has 1 heterocycles. The number of hydrogen-bond acceptors (Lipinski definition) is 3. The molecule has 0 amide bonds. The van der Waals surface area contributed by atoms with Gasteiger partial charge in [0.2, 0.25) is 0 Å². The summed E-state index contributed by atoms with van der Waals surface area (Å²) in [5.74, 6) is 0.0261. The number of allylic oxidation sites excluding steroid dienone is 1. The first kappa shape index (κ1) is 10.5. The number of dihydropyridines is 1. The molecule has 0 saturated carbocycles. The van der Waals surface area contributed by atoms with Gasteiger partial charge in [0.1, 0.15) is 11.2 Å². The van der Waals surface area contributed by atoms with E-state index in [1.165, 1.54) is 0 Å². The Labute approximate surface area is 81.1 Å². The normalized spacial score (nSPS) is 15.8. The highest BCUT2D eigenvalue weighted by Gasteiger charge is 2.09. The van der Waals surface area contributed by atoms with Gasteiger partial charge in [0.25, 0.3) is 0 Å². The van der Waals surface area contributed by atoms with Gasteiger partial charge in [-0.1, -0.05) is 0 Å². The molecule has 58 valence electrons. The number of nitriles is 1. The van der Waals surface area contributed by atoms with Gasteiger partial charge in [-0.25, -0.2) is 5.26 Å². The molecule has 0 saturated heterocycles. The van der Waals surface area contributed by atoms with Gasteiger partial charge in [0, 0.05) is 6.57 Å². The molecule has 0 aromatic heterocycles. The minimum atomic E-state index is 0.0261. The molecule has 1 aliphatic heterocycles. The Morgan fingerprint density at radius 3 is 2.45 bits per heavy atom. The van der Waals surface area contributed by atoms with Gasteiger partial charge >= 0.3 is 0 Å². The van der Waals surface area contributed by atoms with Crippen LogP contribution in [-0.2, 0) is 4.79 Å². The summed E-state index contributed by atoms with van der Waals surface area (Å²) in [7, 11) is 0. The van der Waals surface area contributed by atoms with E-state index in [2.05, 4.69) is 43.4 Å². The fourth-order valence-corrected chi connectivity index (χ4v) is 1.46. The van der Waals surface area contributed by atoms with Crippen LogP contribution in [0.4, 0.5) is 0 Å². The van der Waals surface area contributed by atoms with E-state index in [-0.39, 0.29) is 12.3 Å². The average molecular weight is 280 g/mol. The number of hydrogen-bond donors (Lipinski definition) is 0. The Balaban J connectivity index is 0.000000461. The fourth-order valence-electron chi connectivity index (χ4n) is 0.454. The van der Waals surface area contributed by atoms with Gasteiger partial charge in [-0.05, 0) is 37.9 Å². The van der Waals surface area contributed by atoms with Crippen LogP contribution >= 0.6 is 31.9 Å². The van der Waals surface area contributed by atoms with Gasteiger partial charge in [0.15, 0.2) is 5.78 Å². The topological polar surface area (TPSA) is 53.2 Å². The van der Waals surface area contributed by atoms with Crippen molar-refractivity contribution < 1.29 is 4.79 Å². The molecule has 0 bridgehead atoms. The van der Waals surface area contributed by atoms with Crippen LogP contribution in [0.2, 0.25) is 0 Å². The summed E-state index contributed by atoms with van der Waals surface area (Å²) in [4.78, 5) is 14.5. The molecule has 0 aromatic carbocycles. The van der Waals surface area contributed by atoms with E-state index < -0.39 is 0 Å². The molecule has 0 fully saturated rings. The van der Waals surface area contributed by atoms with E-state index in [0.29, 0.717) is 9.10 Å². The highest BCUT2D eigenvalue weighted by molar-refractivity contribution is 9.18. The van der Waals surface area contributed by atoms with Crippen molar-refractivity contribution in [1.82, 2.24) is 0 Å². The first-order valence-electron chi connectivity index (χ1n) is 2.56. The highest BCUT2D eigenvalue weighted by atomic mass is 79.9. The van der Waals surface area contributed by atoms with Crippen LogP contribution in [0, 0.1) is 11.8 Å². The molecule has 0 spiro atoms. The summed E-state index contributed by atoms with van der Waals surface area (Å²) in [6.07, 6.45) is 1.64. The zero-order valence-corrected chi connectivity index (χ0v) is 8.59. The van der Waals surface area contributed by atoms with Crippen LogP contribution in [0.15, 0.2) is 15.6 Å². The Bertz CT molecular complexity index is 242. The van der Waals surface area contributed by atoms with Crippen LogP contribution < -0.4 is 0 Å². The minimum Gasteiger partial charge on any atom is -0.291 e. The molecule has 0 aromatic rings. The van der Waals surface area contributed by atoms with Crippen molar-refractivity contribution in [2.24, 2.45) is 4.99 Å². The van der Waals surface area contributed by atoms with Crippen LogP contribution in [-0.4, -0.2) is 16.9 Å². The predicted octanol–water partition coefficient (Wildman–Crippen LogP) is 1.78. The van der Waals surface area contributed by atoms with E-state index in [1.54, 1.807) is 6.08 Å². The number of Topliss-reactive ketones (excluding diaryl/α,β-unsaturated/α-hetero) is 1. The second-order valence-electron chi connectivity index (χ2n) is 1.55. The van der Waals surface area contributed by atoms with E-state index in [4.69, 9.17) is 5.26 Å². The van der Waals surface area contributed by atoms with Gasteiger partial charge in [0.05, 0.1) is 4.48 Å². The first-order valence-corrected chi connectivity index (χ1v) is 4.15. The summed E-state index contributed by atoms with van der Waals surface area (Å²) in [5, 5.41) is 6.50. The minimum absolute atomic E-state index is 0.0261. The van der Waals surface area contributed by atoms with Gasteiger partial charge in [-0.2, -0.15) is 0 Å². The van der Waals surface area contributed by atoms with Crippen molar-refractivity contribution in [3.63, 3.8) is 0 Å². The number of rotatable bonds is 0. The predicted molar refractivity (Wildman–Crippen MR) is 49.9 cm³/mol. The molecule has 0 aliphatic carbocycles. The Hall–Kier alpha value is -0.470. The van der Waals surface area contributed by atoms with Gasteiger partial charge in [-0.15, -0.1) is 0 Å². The summed E-state index contributed by atoms with van der Waals surface area (Å²) in [6, 6.07) is 0. The van der Waals surface area contributed by atoms with Crippen molar-refractivity contribution in [3.8, 4) is 6.57 Å². The number of carbonyl (C=O) groups is 1. The number of ketones is 1. The number of carbonyl (C=O) groups excluding carboxylic acids is 1. The van der Waals surface area contributed by atoms with Crippen molar-refractivity contribution in [2.75, 3.05) is 6.54 Å². The number of aliphatic imine (C=N–C) groups is 1. The maximum Gasteiger partial charge on any atom is 0.191 e. The highest BCUT2D eigenvalue weighted by Crippen LogP contribution is 2.13. The zero-order valence-electron chi connectivity index (χ0n) is 5.42. The Morgan fingerprint density at radius 1 is 1.55 bits per heavy atom. The van der Waals surface area contributed by atoms with Gasteiger partial charge < -0.3 is 0 Å². The molecule has 5 heteroatoms. The maximum atomic E-state index is 10.7. The lowest BCUT2D eigenvalue weighted by Crippen LogP contribution is -2.08. The lowest BCUT2D eigenvalue weighted by molar-refractivity contribution is -0.113. The van der Waals surface area contributed by atoms with Crippen molar-refractivity contribution in [1.29, 1.82) is 5.26 Å². The quantitative estimate of drug-likeness (QED) is 0.679. The third kappa shape index (κ3) is 3.44. The molecule has 3 nitrogen and oxygen atoms in total. The van der Waals surface area contributed by atoms with Crippen molar-refractivity contribution in [3.05, 3.63) is 10.6 Å². The Morgan fingerprint density at radius 2 is 2.09 bits per heavy atom. The molecule has 0 radical (unpaired) electrons. The van der Waals surface area contributed by atoms with Crippen molar-refractivity contribution in [2.45, 2.75) is 0 Å². The third-order valence-electron chi connectivity index (χ3n) is 0.886. The monoisotopic (exact) mass is 278 g/mol. The van der Waals surface area contributed by atoms with E-state index in [9.17, 15) is 4.79 Å². The first-order chi connectivity index (χ1) is 5.20. The number of nitrogens with zero attached hydrogens (tertiary/aromatic N) is 2. The molecule has 0 atom stereocenters. The fraction of sp³-hybridized carbons (Fsp3) is 0.167. The smallest absolute Gasteiger partial charge is 0.191 e. The van der Waals surface area contributed by atoms with Crippen LogP contribution in [0.3, 0.4) is 0 Å². The van der Waals surface area contributed by atoms with Gasteiger partial charge in [-0.3, -0.25) is 9.79 Å². The molecular weight excluding hydrogens is 276 g/mol. The standard InChI is InChI=1S/C5H3Br2NO.CHN/c6-3-1-5(7)8-2-4(3)9;1-2/h1H,2H2;1H. The van der Waals surface area contributed by atoms with E-state index >= 15 is 0 Å². The lowest BCUT2D eigenvalue weighted by Gasteiger charge is -2.00. The van der Waals surface area contributed by atoms with E-state index in [0.717, 1.165) is 0 Å². The molecule has 11 heavy (non-hydrogen) atoms. The second-order valence-corrected chi connectivity index (χ2v) is 3.22. The molecule has 0 unspecified atom stereocenters. The second kappa shape index (κ2) is 5.22. The van der Waals surface area contributed by atoms with Crippen LogP contribution in [0.5, 0.6) is 0 Å². The number of halogens is 2.